The van der Waals surface area contributed by atoms with Gasteiger partial charge in [-0.1, -0.05) is 0 Å². The van der Waals surface area contributed by atoms with E-state index in [1.807, 2.05) is 0 Å². The molecule has 0 radical (unpaired) electrons. The molecule has 0 aromatic carbocycles. The van der Waals surface area contributed by atoms with Gasteiger partial charge in [0, 0.05) is 0 Å². The molecule has 12 heteroatoms. The van der Waals surface area contributed by atoms with E-state index in [-0.39, 0.29) is 103 Å². The van der Waals surface area contributed by atoms with Gasteiger partial charge in [0.15, 0.2) is 0 Å². The molecule has 0 atom stereocenters. The van der Waals surface area contributed by atoms with Crippen LogP contribution in [0.1, 0.15) is 0 Å². The molecule has 0 aromatic rings. The summed E-state index contributed by atoms with van der Waals surface area (Å²) in [5.74, 6) is 0. The van der Waals surface area contributed by atoms with Crippen molar-refractivity contribution >= 4 is 84.5 Å². The van der Waals surface area contributed by atoms with Gasteiger partial charge < -0.3 is 55.6 Å². The van der Waals surface area contributed by atoms with Crippen LogP contribution in [0.4, 0.5) is 0 Å². The Morgan fingerprint density at radius 3 is 0.500 bits per heavy atom. The Bertz CT molecular complexity index is 28.0. The monoisotopic (exact) mass is 262 g/mol. The summed E-state index contributed by atoms with van der Waals surface area (Å²) in [5.41, 5.74) is 0. The molecule has 9 nitrogen and oxygen atoms in total. The fourth-order valence-corrected chi connectivity index (χ4v) is 0. The summed E-state index contributed by atoms with van der Waals surface area (Å²) in [6, 6.07) is 0. The Morgan fingerprint density at radius 2 is 0.500 bits per heavy atom. The van der Waals surface area contributed by atoms with E-state index in [9.17, 15) is 0 Å². The Balaban J connectivity index is -0.00000000381. The molecule has 0 aromatic heterocycles. The second kappa shape index (κ2) is 29.2. The van der Waals surface area contributed by atoms with E-state index in [4.69, 9.17) is 19.2 Å². The molecule has 72 valence electrons. The average molecular weight is 262 g/mol. The zero-order chi connectivity index (χ0) is 4.50. The fourth-order valence-electron chi connectivity index (χ4n) is 0. The SMILES string of the molecule is O.O.O.O.O.[Ca+2].[Ca+2].[O-][Si]([O-])([O-])[O-]. The van der Waals surface area contributed by atoms with Crippen LogP contribution in [0, 0.1) is 0 Å². The van der Waals surface area contributed by atoms with Crippen molar-refractivity contribution in [3.63, 3.8) is 0 Å². The summed E-state index contributed by atoms with van der Waals surface area (Å²) in [7, 11) is -5.61. The number of rotatable bonds is 0. The van der Waals surface area contributed by atoms with E-state index in [1.165, 1.54) is 0 Å². The minimum Gasteiger partial charge on any atom is -0.894 e. The summed E-state index contributed by atoms with van der Waals surface area (Å²) in [6.45, 7) is 0. The molecular weight excluding hydrogens is 252 g/mol. The normalized spacial score (nSPS) is 5.00. The molecule has 0 aliphatic heterocycles. The van der Waals surface area contributed by atoms with Crippen molar-refractivity contribution in [2.45, 2.75) is 0 Å². The van der Waals surface area contributed by atoms with Crippen LogP contribution in [-0.2, 0) is 0 Å². The average Bonchev–Trinajstić information content (AvgIpc) is 0.722. The van der Waals surface area contributed by atoms with Gasteiger partial charge >= 0.3 is 75.5 Å². The van der Waals surface area contributed by atoms with Crippen molar-refractivity contribution in [3.05, 3.63) is 0 Å². The fraction of sp³-hybridized carbons (Fsp3) is 0. The van der Waals surface area contributed by atoms with Gasteiger partial charge in [-0.15, -0.1) is 0 Å². The topological polar surface area (TPSA) is 250 Å². The van der Waals surface area contributed by atoms with Gasteiger partial charge in [0.2, 0.25) is 0 Å². The van der Waals surface area contributed by atoms with Crippen LogP contribution in [-0.4, -0.2) is 112 Å². The first kappa shape index (κ1) is 63.3. The van der Waals surface area contributed by atoms with Crippen LogP contribution >= 0.6 is 0 Å². The van der Waals surface area contributed by atoms with E-state index >= 15 is 0 Å². The first-order chi connectivity index (χ1) is 2.00. The molecule has 0 amide bonds. The maximum absolute atomic E-state index is 8.58. The minimum absolute atomic E-state index is 0. The van der Waals surface area contributed by atoms with E-state index < -0.39 is 9.05 Å². The molecule has 0 saturated heterocycles. The largest absolute Gasteiger partial charge is 2.00 e. The summed E-state index contributed by atoms with van der Waals surface area (Å²) < 4.78 is 0. The van der Waals surface area contributed by atoms with Crippen molar-refractivity contribution in [2.75, 3.05) is 0 Å². The Kier molecular flexibility index (Phi) is 154. The van der Waals surface area contributed by atoms with Gasteiger partial charge in [-0.05, 0) is 0 Å². The molecule has 0 aliphatic carbocycles. The Hall–Kier alpha value is 2.38. The molecule has 0 spiro atoms. The Labute approximate surface area is 129 Å². The second-order valence-electron chi connectivity index (χ2n) is 0.500. The van der Waals surface area contributed by atoms with Crippen molar-refractivity contribution in [1.82, 2.24) is 0 Å². The predicted octanol–water partition coefficient (Wildman–Crippen LogP) is -10.0. The Morgan fingerprint density at radius 1 is 0.500 bits per heavy atom. The summed E-state index contributed by atoms with van der Waals surface area (Å²) >= 11 is 0. The van der Waals surface area contributed by atoms with E-state index in [1.54, 1.807) is 0 Å². The maximum atomic E-state index is 8.58. The predicted molar refractivity (Wildman–Crippen MR) is 35.3 cm³/mol. The third-order valence-corrected chi connectivity index (χ3v) is 0. The van der Waals surface area contributed by atoms with Crippen molar-refractivity contribution in [3.8, 4) is 0 Å². The van der Waals surface area contributed by atoms with Crippen LogP contribution in [0.15, 0.2) is 0 Å². The van der Waals surface area contributed by atoms with Crippen molar-refractivity contribution in [2.24, 2.45) is 0 Å². The second-order valence-corrected chi connectivity index (χ2v) is 1.50. The molecule has 12 heavy (non-hydrogen) atoms. The maximum Gasteiger partial charge on any atom is 2.00 e. The van der Waals surface area contributed by atoms with Gasteiger partial charge in [-0.2, -0.15) is 0 Å². The van der Waals surface area contributed by atoms with Gasteiger partial charge in [-0.25, -0.2) is 0 Å². The van der Waals surface area contributed by atoms with Crippen molar-refractivity contribution in [1.29, 1.82) is 0 Å². The zero-order valence-electron chi connectivity index (χ0n) is 6.05. The standard InChI is InChI=1S/2Ca.O4Si.5H2O/c;;1-5(2,3)4;;;;;/h;;;5*1H2/q2*+2;-4;;;;;. The zero-order valence-corrected chi connectivity index (χ0v) is 11.5. The smallest absolute Gasteiger partial charge is 0.894 e. The quantitative estimate of drug-likeness (QED) is 0.385. The van der Waals surface area contributed by atoms with Crippen LogP contribution in [0.5, 0.6) is 0 Å². The van der Waals surface area contributed by atoms with Gasteiger partial charge in [0.25, 0.3) is 0 Å². The molecule has 0 fully saturated rings. The number of hydrogen-bond acceptors (Lipinski definition) is 4. The molecule has 0 unspecified atom stereocenters. The summed E-state index contributed by atoms with van der Waals surface area (Å²) in [6.07, 6.45) is 0. The number of hydrogen-bond donors (Lipinski definition) is 0. The molecular formula is H10Ca2O9Si. The van der Waals surface area contributed by atoms with E-state index in [2.05, 4.69) is 0 Å². The molecule has 0 rings (SSSR count). The van der Waals surface area contributed by atoms with E-state index in [0.29, 0.717) is 0 Å². The van der Waals surface area contributed by atoms with E-state index in [0.717, 1.165) is 0 Å². The first-order valence-electron chi connectivity index (χ1n) is 0.816. The van der Waals surface area contributed by atoms with Crippen LogP contribution in [0.3, 0.4) is 0 Å². The van der Waals surface area contributed by atoms with Crippen LogP contribution < -0.4 is 19.2 Å². The van der Waals surface area contributed by atoms with Gasteiger partial charge in [0.05, 0.1) is 0 Å². The van der Waals surface area contributed by atoms with Gasteiger partial charge in [-0.3, -0.25) is 0 Å². The van der Waals surface area contributed by atoms with Crippen LogP contribution in [0.25, 0.3) is 0 Å². The molecule has 10 N–H and O–H groups in total. The molecule has 0 bridgehead atoms. The first-order valence-corrected chi connectivity index (χ1v) is 2.45. The third-order valence-electron chi connectivity index (χ3n) is 0. The third kappa shape index (κ3) is 284. The van der Waals surface area contributed by atoms with Gasteiger partial charge in [0.1, 0.15) is 0 Å². The molecule has 0 saturated carbocycles. The van der Waals surface area contributed by atoms with Crippen molar-refractivity contribution < 1.29 is 46.6 Å². The molecule has 0 aliphatic rings. The summed E-state index contributed by atoms with van der Waals surface area (Å²) in [4.78, 5) is 34.3. The van der Waals surface area contributed by atoms with Crippen LogP contribution in [0.2, 0.25) is 0 Å². The molecule has 0 heterocycles. The summed E-state index contributed by atoms with van der Waals surface area (Å²) in [5, 5.41) is 0. The minimum atomic E-state index is -5.61.